The molecule has 0 saturated heterocycles. The summed E-state index contributed by atoms with van der Waals surface area (Å²) in [5.41, 5.74) is 5.23. The molecule has 0 radical (unpaired) electrons. The topological polar surface area (TPSA) is 47.6 Å². The summed E-state index contributed by atoms with van der Waals surface area (Å²) in [5.74, 6) is -0.770. The number of hydrogen-bond donors (Lipinski definition) is 1. The monoisotopic (exact) mass is 381 g/mol. The van der Waals surface area contributed by atoms with E-state index in [1.807, 2.05) is 24.3 Å². The maximum Gasteiger partial charge on any atom is 0.387 e. The second kappa shape index (κ2) is 7.31. The Bertz CT molecular complexity index is 1050. The predicted octanol–water partition coefficient (Wildman–Crippen LogP) is 5.12. The number of ether oxygens (including phenoxy) is 2. The number of alkyl halides is 2. The van der Waals surface area contributed by atoms with Gasteiger partial charge in [0, 0.05) is 5.69 Å². The van der Waals surface area contributed by atoms with Crippen molar-refractivity contribution >= 4 is 11.6 Å². The molecule has 1 amide bonds. The van der Waals surface area contributed by atoms with E-state index in [1.54, 1.807) is 12.1 Å². The van der Waals surface area contributed by atoms with E-state index in [0.29, 0.717) is 5.69 Å². The van der Waals surface area contributed by atoms with Gasteiger partial charge >= 0.3 is 6.61 Å². The van der Waals surface area contributed by atoms with Gasteiger partial charge in [-0.15, -0.1) is 0 Å². The van der Waals surface area contributed by atoms with Gasteiger partial charge in [0.25, 0.3) is 5.91 Å². The second-order valence-corrected chi connectivity index (χ2v) is 6.38. The number of rotatable bonds is 5. The predicted molar refractivity (Wildman–Crippen MR) is 102 cm³/mol. The number of amides is 1. The zero-order chi connectivity index (χ0) is 19.7. The number of carbonyl (C=O) groups is 1. The van der Waals surface area contributed by atoms with Crippen molar-refractivity contribution in [3.63, 3.8) is 0 Å². The Kier molecular flexibility index (Phi) is 4.69. The molecule has 1 N–H and O–H groups in total. The van der Waals surface area contributed by atoms with Gasteiger partial charge in [0.15, 0.2) is 11.5 Å². The van der Waals surface area contributed by atoms with Crippen molar-refractivity contribution in [3.8, 4) is 22.6 Å². The van der Waals surface area contributed by atoms with Crippen LogP contribution in [0.5, 0.6) is 11.5 Å². The van der Waals surface area contributed by atoms with Crippen molar-refractivity contribution in [3.05, 3.63) is 77.4 Å². The molecule has 4 nitrogen and oxygen atoms in total. The van der Waals surface area contributed by atoms with E-state index in [4.69, 9.17) is 4.74 Å². The molecule has 1 aliphatic carbocycles. The molecule has 0 aromatic heterocycles. The molecule has 3 aromatic carbocycles. The molecule has 0 unspecified atom stereocenters. The van der Waals surface area contributed by atoms with Gasteiger partial charge in [-0.05, 0) is 52.9 Å². The van der Waals surface area contributed by atoms with Crippen molar-refractivity contribution in [1.29, 1.82) is 0 Å². The fraction of sp³-hybridized carbons (Fsp3) is 0.136. The van der Waals surface area contributed by atoms with E-state index in [1.165, 1.54) is 30.4 Å². The lowest BCUT2D eigenvalue weighted by molar-refractivity contribution is -0.0515. The largest absolute Gasteiger partial charge is 0.493 e. The molecule has 1 aliphatic rings. The molecule has 142 valence electrons. The first-order valence-corrected chi connectivity index (χ1v) is 8.71. The number of para-hydroxylation sites is 1. The van der Waals surface area contributed by atoms with Crippen molar-refractivity contribution in [1.82, 2.24) is 0 Å². The minimum atomic E-state index is -3.07. The average molecular weight is 381 g/mol. The Morgan fingerprint density at radius 1 is 1.00 bits per heavy atom. The fourth-order valence-electron chi connectivity index (χ4n) is 3.49. The van der Waals surface area contributed by atoms with Gasteiger partial charge in [-0.25, -0.2) is 0 Å². The zero-order valence-electron chi connectivity index (χ0n) is 15.0. The lowest BCUT2D eigenvalue weighted by Gasteiger charge is -2.14. The fourth-order valence-corrected chi connectivity index (χ4v) is 3.49. The standard InChI is InChI=1S/C22H17F2NO3/c1-27-19-8-4-7-18(20(19)28-22(23)24)21(26)25-15-9-10-17-14(12-15)11-13-5-2-3-6-16(13)17/h2-10,12,22H,11H2,1H3,(H,25,26). The van der Waals surface area contributed by atoms with Crippen molar-refractivity contribution < 1.29 is 23.0 Å². The number of hydrogen-bond acceptors (Lipinski definition) is 3. The van der Waals surface area contributed by atoms with E-state index >= 15 is 0 Å². The minimum absolute atomic E-state index is 0.0246. The summed E-state index contributed by atoms with van der Waals surface area (Å²) in [6.45, 7) is -3.07. The Labute approximate surface area is 160 Å². The summed E-state index contributed by atoms with van der Waals surface area (Å²) >= 11 is 0. The molecule has 0 spiro atoms. The molecule has 0 atom stereocenters. The van der Waals surface area contributed by atoms with Gasteiger partial charge in [-0.3, -0.25) is 4.79 Å². The molecule has 0 heterocycles. The maximum atomic E-state index is 12.8. The molecule has 4 rings (SSSR count). The molecular weight excluding hydrogens is 364 g/mol. The summed E-state index contributed by atoms with van der Waals surface area (Å²) in [5, 5.41) is 2.76. The maximum absolute atomic E-state index is 12.8. The number of benzene rings is 3. The van der Waals surface area contributed by atoms with Gasteiger partial charge in [0.2, 0.25) is 0 Å². The van der Waals surface area contributed by atoms with Crippen LogP contribution < -0.4 is 14.8 Å². The van der Waals surface area contributed by atoms with Crippen LogP contribution in [0.1, 0.15) is 21.5 Å². The number of anilines is 1. The first-order valence-electron chi connectivity index (χ1n) is 8.71. The molecule has 0 aliphatic heterocycles. The first kappa shape index (κ1) is 18.0. The van der Waals surface area contributed by atoms with E-state index in [9.17, 15) is 13.6 Å². The van der Waals surface area contributed by atoms with Gasteiger partial charge in [-0.1, -0.05) is 36.4 Å². The second-order valence-electron chi connectivity index (χ2n) is 6.38. The lowest BCUT2D eigenvalue weighted by atomic mass is 10.1. The van der Waals surface area contributed by atoms with Crippen molar-refractivity contribution in [2.24, 2.45) is 0 Å². The van der Waals surface area contributed by atoms with Crippen molar-refractivity contribution in [2.75, 3.05) is 12.4 Å². The van der Waals surface area contributed by atoms with E-state index in [-0.39, 0.29) is 17.1 Å². The molecular formula is C22H17F2NO3. The Hall–Kier alpha value is -3.41. The molecule has 0 saturated carbocycles. The third kappa shape index (κ3) is 3.29. The molecule has 3 aromatic rings. The molecule has 0 bridgehead atoms. The zero-order valence-corrected chi connectivity index (χ0v) is 15.0. The number of nitrogens with one attached hydrogen (secondary N) is 1. The quantitative estimate of drug-likeness (QED) is 0.522. The van der Waals surface area contributed by atoms with E-state index < -0.39 is 12.5 Å². The van der Waals surface area contributed by atoms with Gasteiger partial charge in [0.05, 0.1) is 12.7 Å². The highest BCUT2D eigenvalue weighted by atomic mass is 19.3. The summed E-state index contributed by atoms with van der Waals surface area (Å²) in [6, 6.07) is 18.2. The van der Waals surface area contributed by atoms with Crippen LogP contribution in [-0.4, -0.2) is 19.6 Å². The van der Waals surface area contributed by atoms with Crippen LogP contribution in [0.15, 0.2) is 60.7 Å². The molecule has 6 heteroatoms. The highest BCUT2D eigenvalue weighted by Crippen LogP contribution is 2.38. The van der Waals surface area contributed by atoms with Gasteiger partial charge in [-0.2, -0.15) is 8.78 Å². The number of carbonyl (C=O) groups excluding carboxylic acids is 1. The Morgan fingerprint density at radius 2 is 1.79 bits per heavy atom. The lowest BCUT2D eigenvalue weighted by Crippen LogP contribution is -2.15. The Morgan fingerprint density at radius 3 is 2.57 bits per heavy atom. The van der Waals surface area contributed by atoms with E-state index in [0.717, 1.165) is 17.5 Å². The van der Waals surface area contributed by atoms with Crippen LogP contribution in [0, 0.1) is 0 Å². The summed E-state index contributed by atoms with van der Waals surface area (Å²) in [6.07, 6.45) is 0.786. The van der Waals surface area contributed by atoms with Gasteiger partial charge < -0.3 is 14.8 Å². The smallest absolute Gasteiger partial charge is 0.387 e. The number of halogens is 2. The SMILES string of the molecule is COc1cccc(C(=O)Nc2ccc3c(c2)Cc2ccccc2-3)c1OC(F)F. The third-order valence-corrected chi connectivity index (χ3v) is 4.70. The van der Waals surface area contributed by atoms with Crippen molar-refractivity contribution in [2.45, 2.75) is 13.0 Å². The van der Waals surface area contributed by atoms with Crippen LogP contribution >= 0.6 is 0 Å². The average Bonchev–Trinajstić information content (AvgIpc) is 3.05. The van der Waals surface area contributed by atoms with Crippen LogP contribution in [0.2, 0.25) is 0 Å². The van der Waals surface area contributed by atoms with E-state index in [2.05, 4.69) is 22.2 Å². The van der Waals surface area contributed by atoms with Crippen LogP contribution in [0.25, 0.3) is 11.1 Å². The highest BCUT2D eigenvalue weighted by molar-refractivity contribution is 6.07. The third-order valence-electron chi connectivity index (χ3n) is 4.70. The normalized spacial score (nSPS) is 11.7. The molecule has 0 fully saturated rings. The first-order chi connectivity index (χ1) is 13.6. The minimum Gasteiger partial charge on any atom is -0.493 e. The number of methoxy groups -OCH3 is 1. The Balaban J connectivity index is 1.61. The molecule has 28 heavy (non-hydrogen) atoms. The van der Waals surface area contributed by atoms with Gasteiger partial charge in [0.1, 0.15) is 0 Å². The van der Waals surface area contributed by atoms with Crippen LogP contribution in [0.3, 0.4) is 0 Å². The number of fused-ring (bicyclic) bond motifs is 3. The van der Waals surface area contributed by atoms with Crippen LogP contribution in [0.4, 0.5) is 14.5 Å². The van der Waals surface area contributed by atoms with Crippen LogP contribution in [-0.2, 0) is 6.42 Å². The highest BCUT2D eigenvalue weighted by Gasteiger charge is 2.22. The summed E-state index contributed by atoms with van der Waals surface area (Å²) in [7, 11) is 1.33. The summed E-state index contributed by atoms with van der Waals surface area (Å²) in [4.78, 5) is 12.7. The summed E-state index contributed by atoms with van der Waals surface area (Å²) < 4.78 is 35.1.